The number of methoxy groups -OCH3 is 1. The van der Waals surface area contributed by atoms with Crippen molar-refractivity contribution in [3.8, 4) is 5.75 Å². The van der Waals surface area contributed by atoms with E-state index in [1.165, 1.54) is 36.7 Å². The number of carbonyl (C=O) groups excluding carboxylic acids is 1. The lowest BCUT2D eigenvalue weighted by Gasteiger charge is -2.59. The fraction of sp³-hybridized carbons (Fsp3) is 0.720. The Kier molecular flexibility index (Phi) is 5.33. The molecule has 0 aliphatic heterocycles. The molecular formula is C25H36O3. The minimum atomic E-state index is -0.317. The SMILES string of the molecule is CCCCC[C@H]1C[C@@]2(C)[C@@H](CC[C@@H]2O)[C@]2(C=O)CCc3cc(OC)ccc3[C@@H]12. The van der Waals surface area contributed by atoms with Crippen LogP contribution >= 0.6 is 0 Å². The number of carbonyl (C=O) groups is 1. The Balaban J connectivity index is 1.80. The van der Waals surface area contributed by atoms with Gasteiger partial charge in [-0.05, 0) is 85.0 Å². The third-order valence-electron chi connectivity index (χ3n) is 8.60. The Bertz CT molecular complexity index is 729. The molecule has 0 amide bonds. The lowest BCUT2D eigenvalue weighted by Crippen LogP contribution is -2.55. The third-order valence-corrected chi connectivity index (χ3v) is 8.60. The molecule has 2 saturated carbocycles. The van der Waals surface area contributed by atoms with Crippen molar-refractivity contribution in [2.24, 2.45) is 22.7 Å². The Morgan fingerprint density at radius 1 is 1.29 bits per heavy atom. The van der Waals surface area contributed by atoms with Crippen molar-refractivity contribution in [3.63, 3.8) is 0 Å². The third kappa shape index (κ3) is 2.84. The van der Waals surface area contributed by atoms with Gasteiger partial charge in [-0.25, -0.2) is 0 Å². The van der Waals surface area contributed by atoms with Crippen LogP contribution in [0.4, 0.5) is 0 Å². The molecule has 3 aliphatic carbocycles. The molecular weight excluding hydrogens is 348 g/mol. The number of unbranched alkanes of at least 4 members (excludes halogenated alkanes) is 2. The molecule has 2 fully saturated rings. The molecule has 0 heterocycles. The molecule has 3 heteroatoms. The maximum Gasteiger partial charge on any atom is 0.127 e. The van der Waals surface area contributed by atoms with Gasteiger partial charge in [0, 0.05) is 5.41 Å². The molecule has 0 unspecified atom stereocenters. The molecule has 154 valence electrons. The van der Waals surface area contributed by atoms with Gasteiger partial charge >= 0.3 is 0 Å². The number of aliphatic hydroxyl groups is 1. The van der Waals surface area contributed by atoms with Crippen LogP contribution in [0, 0.1) is 22.7 Å². The number of fused-ring (bicyclic) bond motifs is 5. The first kappa shape index (κ1) is 19.9. The monoisotopic (exact) mass is 384 g/mol. The minimum Gasteiger partial charge on any atom is -0.497 e. The predicted octanol–water partition coefficient (Wildman–Crippen LogP) is 5.29. The van der Waals surface area contributed by atoms with Gasteiger partial charge in [0.1, 0.15) is 12.0 Å². The molecule has 0 aromatic heterocycles. The number of rotatable bonds is 6. The van der Waals surface area contributed by atoms with E-state index in [0.29, 0.717) is 17.8 Å². The Morgan fingerprint density at radius 3 is 2.82 bits per heavy atom. The summed E-state index contributed by atoms with van der Waals surface area (Å²) in [5.74, 6) is 1.98. The molecule has 0 radical (unpaired) electrons. The summed E-state index contributed by atoms with van der Waals surface area (Å²) in [6.07, 6.45) is 10.6. The number of hydrogen-bond acceptors (Lipinski definition) is 3. The summed E-state index contributed by atoms with van der Waals surface area (Å²) in [7, 11) is 1.72. The molecule has 1 aromatic carbocycles. The van der Waals surface area contributed by atoms with Crippen LogP contribution in [-0.2, 0) is 11.2 Å². The zero-order valence-corrected chi connectivity index (χ0v) is 17.7. The highest BCUT2D eigenvalue weighted by atomic mass is 16.5. The molecule has 0 saturated heterocycles. The van der Waals surface area contributed by atoms with Crippen molar-refractivity contribution in [1.29, 1.82) is 0 Å². The molecule has 3 aliphatic rings. The average Bonchev–Trinajstić information content (AvgIpc) is 3.02. The lowest BCUT2D eigenvalue weighted by molar-refractivity contribution is -0.140. The number of aryl methyl sites for hydroxylation is 1. The summed E-state index contributed by atoms with van der Waals surface area (Å²) < 4.78 is 5.47. The molecule has 0 spiro atoms. The number of benzene rings is 1. The molecule has 0 bridgehead atoms. The number of aliphatic hydroxyl groups excluding tert-OH is 1. The second-order valence-electron chi connectivity index (χ2n) is 9.88. The van der Waals surface area contributed by atoms with E-state index in [1.807, 2.05) is 0 Å². The van der Waals surface area contributed by atoms with Crippen molar-refractivity contribution in [3.05, 3.63) is 29.3 Å². The van der Waals surface area contributed by atoms with Crippen molar-refractivity contribution in [1.82, 2.24) is 0 Å². The maximum absolute atomic E-state index is 12.8. The number of aldehydes is 1. The number of hydrogen-bond donors (Lipinski definition) is 1. The molecule has 1 aromatic rings. The quantitative estimate of drug-likeness (QED) is 0.535. The second-order valence-corrected chi connectivity index (χ2v) is 9.88. The highest BCUT2D eigenvalue weighted by Gasteiger charge is 2.64. The maximum atomic E-state index is 12.8. The molecule has 1 N–H and O–H groups in total. The largest absolute Gasteiger partial charge is 0.497 e. The van der Waals surface area contributed by atoms with Crippen LogP contribution in [0.3, 0.4) is 0 Å². The van der Waals surface area contributed by atoms with Gasteiger partial charge in [-0.15, -0.1) is 0 Å². The second kappa shape index (κ2) is 7.48. The van der Waals surface area contributed by atoms with Gasteiger partial charge in [-0.1, -0.05) is 39.2 Å². The van der Waals surface area contributed by atoms with Crippen LogP contribution in [0.2, 0.25) is 0 Å². The van der Waals surface area contributed by atoms with E-state index >= 15 is 0 Å². The molecule has 6 atom stereocenters. The van der Waals surface area contributed by atoms with Gasteiger partial charge in [0.15, 0.2) is 0 Å². The van der Waals surface area contributed by atoms with E-state index in [4.69, 9.17) is 4.74 Å². The molecule has 28 heavy (non-hydrogen) atoms. The van der Waals surface area contributed by atoms with E-state index in [0.717, 1.165) is 44.3 Å². The fourth-order valence-corrected chi connectivity index (χ4v) is 7.31. The van der Waals surface area contributed by atoms with Crippen LogP contribution in [0.5, 0.6) is 5.75 Å². The standard InChI is InChI=1S/C25H36O3/c1-4-5-6-7-18-15-24(2)21(10-11-22(24)27)25(16-26)13-12-17-14-19(28-3)8-9-20(17)23(18)25/h8-9,14,16,18,21-23,27H,4-7,10-13,15H2,1-3H3/t18-,21+,22-,23+,24-,25+/m0/s1. The van der Waals surface area contributed by atoms with Crippen LogP contribution in [0.1, 0.15) is 82.3 Å². The van der Waals surface area contributed by atoms with Gasteiger partial charge in [0.2, 0.25) is 0 Å². The summed E-state index contributed by atoms with van der Waals surface area (Å²) in [6.45, 7) is 4.52. The van der Waals surface area contributed by atoms with Gasteiger partial charge in [-0.2, -0.15) is 0 Å². The van der Waals surface area contributed by atoms with Crippen molar-refractivity contribution in [2.45, 2.75) is 83.7 Å². The van der Waals surface area contributed by atoms with Crippen molar-refractivity contribution >= 4 is 6.29 Å². The predicted molar refractivity (Wildman–Crippen MR) is 112 cm³/mol. The van der Waals surface area contributed by atoms with E-state index in [2.05, 4.69) is 32.0 Å². The van der Waals surface area contributed by atoms with Gasteiger partial charge in [-0.3, -0.25) is 0 Å². The first-order valence-electron chi connectivity index (χ1n) is 11.3. The summed E-state index contributed by atoms with van der Waals surface area (Å²) in [4.78, 5) is 12.8. The van der Waals surface area contributed by atoms with Crippen LogP contribution in [-0.4, -0.2) is 24.6 Å². The fourth-order valence-electron chi connectivity index (χ4n) is 7.31. The van der Waals surface area contributed by atoms with Crippen molar-refractivity contribution < 1.29 is 14.6 Å². The highest BCUT2D eigenvalue weighted by Crippen LogP contribution is 2.68. The summed E-state index contributed by atoms with van der Waals surface area (Å²) in [5, 5.41) is 10.9. The lowest BCUT2D eigenvalue weighted by atomic mass is 9.44. The van der Waals surface area contributed by atoms with Gasteiger partial charge < -0.3 is 14.6 Å². The number of ether oxygens (including phenoxy) is 1. The van der Waals surface area contributed by atoms with Crippen LogP contribution in [0.15, 0.2) is 18.2 Å². The summed E-state index contributed by atoms with van der Waals surface area (Å²) >= 11 is 0. The summed E-state index contributed by atoms with van der Waals surface area (Å²) in [6, 6.07) is 6.49. The highest BCUT2D eigenvalue weighted by molar-refractivity contribution is 5.66. The topological polar surface area (TPSA) is 46.5 Å². The van der Waals surface area contributed by atoms with Crippen LogP contribution in [0.25, 0.3) is 0 Å². The van der Waals surface area contributed by atoms with E-state index < -0.39 is 0 Å². The summed E-state index contributed by atoms with van der Waals surface area (Å²) in [5.41, 5.74) is 2.31. The first-order valence-corrected chi connectivity index (χ1v) is 11.3. The first-order chi connectivity index (χ1) is 13.5. The van der Waals surface area contributed by atoms with Crippen LogP contribution < -0.4 is 4.74 Å². The molecule has 4 rings (SSSR count). The Labute approximate surface area is 169 Å². The zero-order chi connectivity index (χ0) is 19.9. The smallest absolute Gasteiger partial charge is 0.127 e. The van der Waals surface area contributed by atoms with Gasteiger partial charge in [0.25, 0.3) is 0 Å². The van der Waals surface area contributed by atoms with E-state index in [9.17, 15) is 9.90 Å². The van der Waals surface area contributed by atoms with Crippen molar-refractivity contribution in [2.75, 3.05) is 7.11 Å². The average molecular weight is 385 g/mol. The minimum absolute atomic E-state index is 0.113. The zero-order valence-electron chi connectivity index (χ0n) is 17.7. The van der Waals surface area contributed by atoms with E-state index in [1.54, 1.807) is 7.11 Å². The Morgan fingerprint density at radius 2 is 2.11 bits per heavy atom. The molecule has 3 nitrogen and oxygen atoms in total. The van der Waals surface area contributed by atoms with E-state index in [-0.39, 0.29) is 16.9 Å². The Hall–Kier alpha value is -1.35. The van der Waals surface area contributed by atoms with Gasteiger partial charge in [0.05, 0.1) is 13.2 Å². The normalized spacial score (nSPS) is 39.0.